The van der Waals surface area contributed by atoms with Gasteiger partial charge in [0.05, 0.1) is 4.83 Å². The van der Waals surface area contributed by atoms with Crippen LogP contribution in [0.3, 0.4) is 0 Å². The van der Waals surface area contributed by atoms with Gasteiger partial charge in [-0.25, -0.2) is 0 Å². The summed E-state index contributed by atoms with van der Waals surface area (Å²) in [4.78, 5) is 11.8. The van der Waals surface area contributed by atoms with Gasteiger partial charge in [0.1, 0.15) is 0 Å². The van der Waals surface area contributed by atoms with Gasteiger partial charge >= 0.3 is 0 Å². The number of hydrogen-bond donors (Lipinski definition) is 0. The highest BCUT2D eigenvalue weighted by Crippen LogP contribution is 2.21. The van der Waals surface area contributed by atoms with E-state index in [0.717, 1.165) is 11.1 Å². The molecule has 0 aliphatic rings. The molecule has 1 aromatic carbocycles. The molecule has 15 heavy (non-hydrogen) atoms. The highest BCUT2D eigenvalue weighted by atomic mass is 79.9. The monoisotopic (exact) mass is 268 g/mol. The SMILES string of the molecule is Cc1ccc(C(C)C)cc1C(=O)C(C)Br. The van der Waals surface area contributed by atoms with E-state index in [1.807, 2.05) is 26.0 Å². The van der Waals surface area contributed by atoms with Gasteiger partial charge in [0.25, 0.3) is 0 Å². The van der Waals surface area contributed by atoms with Crippen molar-refractivity contribution in [3.05, 3.63) is 34.9 Å². The first kappa shape index (κ1) is 12.4. The number of carbonyl (C=O) groups excluding carboxylic acids is 1. The van der Waals surface area contributed by atoms with Crippen LogP contribution in [0.4, 0.5) is 0 Å². The number of ketones is 1. The molecule has 0 saturated carbocycles. The van der Waals surface area contributed by atoms with Crippen LogP contribution >= 0.6 is 15.9 Å². The summed E-state index contributed by atoms with van der Waals surface area (Å²) in [6.45, 7) is 8.11. The van der Waals surface area contributed by atoms with Crippen molar-refractivity contribution in [2.75, 3.05) is 0 Å². The third-order valence-corrected chi connectivity index (χ3v) is 2.97. The molecule has 82 valence electrons. The fourth-order valence-corrected chi connectivity index (χ4v) is 1.73. The minimum atomic E-state index is -0.112. The van der Waals surface area contributed by atoms with Crippen molar-refractivity contribution in [2.24, 2.45) is 0 Å². The summed E-state index contributed by atoms with van der Waals surface area (Å²) < 4.78 is 0. The maximum absolute atomic E-state index is 11.9. The van der Waals surface area contributed by atoms with Gasteiger partial charge < -0.3 is 0 Å². The molecule has 2 heteroatoms. The molecule has 0 heterocycles. The molecule has 0 fully saturated rings. The molecule has 0 aromatic heterocycles. The van der Waals surface area contributed by atoms with Crippen LogP contribution in [0.2, 0.25) is 0 Å². The van der Waals surface area contributed by atoms with Crippen LogP contribution in [0.1, 0.15) is 48.2 Å². The largest absolute Gasteiger partial charge is 0.293 e. The Balaban J connectivity index is 3.16. The Morgan fingerprint density at radius 1 is 1.27 bits per heavy atom. The number of hydrogen-bond acceptors (Lipinski definition) is 1. The third-order valence-electron chi connectivity index (χ3n) is 2.56. The van der Waals surface area contributed by atoms with Crippen LogP contribution in [0, 0.1) is 6.92 Å². The predicted molar refractivity (Wildman–Crippen MR) is 68.0 cm³/mol. The van der Waals surface area contributed by atoms with Crippen molar-refractivity contribution in [2.45, 2.75) is 38.4 Å². The molecule has 1 nitrogen and oxygen atoms in total. The van der Waals surface area contributed by atoms with E-state index >= 15 is 0 Å². The average Bonchev–Trinajstić information content (AvgIpc) is 2.16. The van der Waals surface area contributed by atoms with Gasteiger partial charge in [0.15, 0.2) is 5.78 Å². The Bertz CT molecular complexity index is 367. The first-order chi connectivity index (χ1) is 6.93. The zero-order valence-electron chi connectivity index (χ0n) is 9.67. The molecule has 1 unspecified atom stereocenters. The van der Waals surface area contributed by atoms with Crippen LogP contribution in [0.15, 0.2) is 18.2 Å². The molecule has 0 amide bonds. The van der Waals surface area contributed by atoms with Crippen molar-refractivity contribution in [3.63, 3.8) is 0 Å². The van der Waals surface area contributed by atoms with Gasteiger partial charge in [-0.05, 0) is 37.0 Å². The normalized spacial score (nSPS) is 12.9. The van der Waals surface area contributed by atoms with Crippen molar-refractivity contribution in [1.29, 1.82) is 0 Å². The van der Waals surface area contributed by atoms with Crippen LogP contribution in [-0.2, 0) is 0 Å². The Hall–Kier alpha value is -0.630. The molecule has 0 N–H and O–H groups in total. The Morgan fingerprint density at radius 2 is 1.87 bits per heavy atom. The number of aryl methyl sites for hydroxylation is 1. The molecule has 0 bridgehead atoms. The van der Waals surface area contributed by atoms with E-state index in [4.69, 9.17) is 0 Å². The fraction of sp³-hybridized carbons (Fsp3) is 0.462. The second-order valence-electron chi connectivity index (χ2n) is 4.21. The molecule has 0 aliphatic heterocycles. The lowest BCUT2D eigenvalue weighted by Crippen LogP contribution is -2.12. The Kier molecular flexibility index (Phi) is 4.09. The molecule has 1 aromatic rings. The summed E-state index contributed by atoms with van der Waals surface area (Å²) in [7, 11) is 0. The number of halogens is 1. The van der Waals surface area contributed by atoms with Crippen molar-refractivity contribution < 1.29 is 4.79 Å². The zero-order chi connectivity index (χ0) is 11.6. The van der Waals surface area contributed by atoms with Crippen LogP contribution in [0.25, 0.3) is 0 Å². The van der Waals surface area contributed by atoms with E-state index in [1.165, 1.54) is 5.56 Å². The molecule has 1 rings (SSSR count). The van der Waals surface area contributed by atoms with Gasteiger partial charge in [-0.3, -0.25) is 4.79 Å². The van der Waals surface area contributed by atoms with Crippen LogP contribution in [-0.4, -0.2) is 10.6 Å². The maximum Gasteiger partial charge on any atom is 0.176 e. The van der Waals surface area contributed by atoms with Crippen LogP contribution < -0.4 is 0 Å². The first-order valence-corrected chi connectivity index (χ1v) is 6.14. The smallest absolute Gasteiger partial charge is 0.176 e. The van der Waals surface area contributed by atoms with Crippen molar-refractivity contribution in [1.82, 2.24) is 0 Å². The number of Topliss-reactive ketones (excluding diaryl/α,β-unsaturated/α-hetero) is 1. The summed E-state index contributed by atoms with van der Waals surface area (Å²) in [5, 5.41) is 0. The van der Waals surface area contributed by atoms with Crippen LogP contribution in [0.5, 0.6) is 0 Å². The zero-order valence-corrected chi connectivity index (χ0v) is 11.3. The molecular weight excluding hydrogens is 252 g/mol. The highest BCUT2D eigenvalue weighted by Gasteiger charge is 2.15. The molecule has 1 atom stereocenters. The molecule has 0 aliphatic carbocycles. The van der Waals surface area contributed by atoms with Gasteiger partial charge in [-0.1, -0.05) is 41.9 Å². The highest BCUT2D eigenvalue weighted by molar-refractivity contribution is 9.10. The second kappa shape index (κ2) is 4.93. The summed E-state index contributed by atoms with van der Waals surface area (Å²) in [5.74, 6) is 0.623. The second-order valence-corrected chi connectivity index (χ2v) is 5.58. The number of rotatable bonds is 3. The summed E-state index contributed by atoms with van der Waals surface area (Å²) in [6.07, 6.45) is 0. The minimum absolute atomic E-state index is 0.112. The lowest BCUT2D eigenvalue weighted by atomic mass is 9.95. The lowest BCUT2D eigenvalue weighted by Gasteiger charge is -2.11. The Labute approximate surface area is 100 Å². The minimum Gasteiger partial charge on any atom is -0.293 e. The van der Waals surface area contributed by atoms with E-state index in [1.54, 1.807) is 0 Å². The molecule has 0 saturated heterocycles. The lowest BCUT2D eigenvalue weighted by molar-refractivity contribution is 0.0995. The van der Waals surface area contributed by atoms with Crippen molar-refractivity contribution >= 4 is 21.7 Å². The fourth-order valence-electron chi connectivity index (χ4n) is 1.48. The summed E-state index contributed by atoms with van der Waals surface area (Å²) in [5.41, 5.74) is 3.11. The van der Waals surface area contributed by atoms with Gasteiger partial charge in [0, 0.05) is 5.56 Å². The average molecular weight is 269 g/mol. The standard InChI is InChI=1S/C13H17BrO/c1-8(2)11-6-5-9(3)12(7-11)13(15)10(4)14/h5-8,10H,1-4H3. The first-order valence-electron chi connectivity index (χ1n) is 5.22. The maximum atomic E-state index is 11.9. The van der Waals surface area contributed by atoms with Gasteiger partial charge in [-0.2, -0.15) is 0 Å². The van der Waals surface area contributed by atoms with Gasteiger partial charge in [-0.15, -0.1) is 0 Å². The number of benzene rings is 1. The van der Waals surface area contributed by atoms with Crippen molar-refractivity contribution in [3.8, 4) is 0 Å². The summed E-state index contributed by atoms with van der Waals surface area (Å²) >= 11 is 3.32. The topological polar surface area (TPSA) is 17.1 Å². The van der Waals surface area contributed by atoms with E-state index in [2.05, 4.69) is 35.8 Å². The summed E-state index contributed by atoms with van der Waals surface area (Å²) in [6, 6.07) is 6.13. The molecular formula is C13H17BrO. The van der Waals surface area contributed by atoms with E-state index < -0.39 is 0 Å². The van der Waals surface area contributed by atoms with E-state index in [0.29, 0.717) is 5.92 Å². The quantitative estimate of drug-likeness (QED) is 0.596. The number of carbonyl (C=O) groups is 1. The van der Waals surface area contributed by atoms with E-state index in [-0.39, 0.29) is 10.6 Å². The molecule has 0 radical (unpaired) electrons. The molecule has 0 spiro atoms. The third kappa shape index (κ3) is 2.91. The number of alkyl halides is 1. The van der Waals surface area contributed by atoms with E-state index in [9.17, 15) is 4.79 Å². The van der Waals surface area contributed by atoms with Gasteiger partial charge in [0.2, 0.25) is 0 Å². The Morgan fingerprint density at radius 3 is 2.33 bits per heavy atom. The predicted octanol–water partition coefficient (Wildman–Crippen LogP) is 4.08.